The van der Waals surface area contributed by atoms with Crippen LogP contribution in [-0.4, -0.2) is 17.5 Å². The summed E-state index contributed by atoms with van der Waals surface area (Å²) in [7, 11) is 0. The number of nitrogens with two attached hydrogens (primary N) is 1. The molecule has 0 radical (unpaired) electrons. The van der Waals surface area contributed by atoms with E-state index in [1.165, 1.54) is 0 Å². The number of anilines is 2. The first-order valence-corrected chi connectivity index (χ1v) is 6.84. The second-order valence-corrected chi connectivity index (χ2v) is 4.85. The number of amides is 1. The zero-order valence-corrected chi connectivity index (χ0v) is 12.5. The molecule has 0 fully saturated rings. The topological polar surface area (TPSA) is 77.2 Å². The van der Waals surface area contributed by atoms with Crippen LogP contribution in [0.3, 0.4) is 0 Å². The van der Waals surface area contributed by atoms with Crippen LogP contribution in [0.25, 0.3) is 0 Å². The van der Waals surface area contributed by atoms with E-state index in [9.17, 15) is 4.79 Å². The molecule has 0 atom stereocenters. The van der Waals surface area contributed by atoms with Gasteiger partial charge in [-0.05, 0) is 47.1 Å². The number of aromatic nitrogens is 1. The summed E-state index contributed by atoms with van der Waals surface area (Å²) < 4.78 is 6.05. The van der Waals surface area contributed by atoms with Gasteiger partial charge in [-0.3, -0.25) is 9.78 Å². The molecular formula is C14H14BrN3O2. The van der Waals surface area contributed by atoms with E-state index in [1.54, 1.807) is 36.7 Å². The molecule has 2 aromatic rings. The molecule has 1 heterocycles. The van der Waals surface area contributed by atoms with Crippen molar-refractivity contribution in [3.63, 3.8) is 0 Å². The second kappa shape index (κ2) is 6.38. The molecule has 6 heteroatoms. The first kappa shape index (κ1) is 14.3. The molecule has 3 N–H and O–H groups in total. The van der Waals surface area contributed by atoms with E-state index in [4.69, 9.17) is 10.5 Å². The molecule has 0 unspecified atom stereocenters. The summed E-state index contributed by atoms with van der Waals surface area (Å²) in [5.41, 5.74) is 7.40. The SMILES string of the molecule is CCOc1ccc(C(=O)Nc2ccncc2Br)cc1N. The molecule has 20 heavy (non-hydrogen) atoms. The predicted molar refractivity (Wildman–Crippen MR) is 81.9 cm³/mol. The molecule has 0 saturated heterocycles. The molecule has 0 aliphatic carbocycles. The molecule has 1 amide bonds. The molecule has 2 rings (SSSR count). The summed E-state index contributed by atoms with van der Waals surface area (Å²) in [6.07, 6.45) is 3.22. The van der Waals surface area contributed by atoms with Crippen LogP contribution in [0.5, 0.6) is 5.75 Å². The van der Waals surface area contributed by atoms with E-state index in [2.05, 4.69) is 26.2 Å². The van der Waals surface area contributed by atoms with E-state index in [1.807, 2.05) is 6.92 Å². The average molecular weight is 336 g/mol. The highest BCUT2D eigenvalue weighted by atomic mass is 79.9. The lowest BCUT2D eigenvalue weighted by atomic mass is 10.1. The van der Waals surface area contributed by atoms with Crippen molar-refractivity contribution in [3.8, 4) is 5.75 Å². The summed E-state index contributed by atoms with van der Waals surface area (Å²) in [6, 6.07) is 6.66. The highest BCUT2D eigenvalue weighted by Crippen LogP contribution is 2.24. The van der Waals surface area contributed by atoms with Gasteiger partial charge < -0.3 is 15.8 Å². The summed E-state index contributed by atoms with van der Waals surface area (Å²) in [5, 5.41) is 2.78. The fourth-order valence-electron chi connectivity index (χ4n) is 1.65. The minimum atomic E-state index is -0.244. The van der Waals surface area contributed by atoms with Crippen molar-refractivity contribution < 1.29 is 9.53 Å². The lowest BCUT2D eigenvalue weighted by molar-refractivity contribution is 0.102. The summed E-state index contributed by atoms with van der Waals surface area (Å²) in [5.74, 6) is 0.334. The van der Waals surface area contributed by atoms with Crippen LogP contribution in [0.2, 0.25) is 0 Å². The van der Waals surface area contributed by atoms with E-state index >= 15 is 0 Å². The van der Waals surface area contributed by atoms with Crippen molar-refractivity contribution in [2.24, 2.45) is 0 Å². The van der Waals surface area contributed by atoms with Gasteiger partial charge in [0.25, 0.3) is 5.91 Å². The normalized spacial score (nSPS) is 10.1. The van der Waals surface area contributed by atoms with Gasteiger partial charge in [0.2, 0.25) is 0 Å². The molecule has 104 valence electrons. The maximum absolute atomic E-state index is 12.1. The lowest BCUT2D eigenvalue weighted by Crippen LogP contribution is -2.13. The number of nitrogens with zero attached hydrogens (tertiary/aromatic N) is 1. The molecule has 5 nitrogen and oxygen atoms in total. The van der Waals surface area contributed by atoms with Crippen LogP contribution in [0.4, 0.5) is 11.4 Å². The van der Waals surface area contributed by atoms with Gasteiger partial charge in [-0.1, -0.05) is 0 Å². The van der Waals surface area contributed by atoms with E-state index in [-0.39, 0.29) is 5.91 Å². The standard InChI is InChI=1S/C14H14BrN3O2/c1-2-20-13-4-3-9(7-11(13)16)14(19)18-12-5-6-17-8-10(12)15/h3-8H,2,16H2,1H3,(H,17,18,19). The van der Waals surface area contributed by atoms with Crippen molar-refractivity contribution in [2.45, 2.75) is 6.92 Å². The quantitative estimate of drug-likeness (QED) is 0.841. The molecule has 0 spiro atoms. The minimum absolute atomic E-state index is 0.244. The Balaban J connectivity index is 2.18. The maximum atomic E-state index is 12.1. The molecular weight excluding hydrogens is 322 g/mol. The number of nitrogens with one attached hydrogen (secondary N) is 1. The molecule has 0 aliphatic heterocycles. The maximum Gasteiger partial charge on any atom is 0.255 e. The number of carbonyl (C=O) groups is 1. The van der Waals surface area contributed by atoms with Crippen LogP contribution >= 0.6 is 15.9 Å². The van der Waals surface area contributed by atoms with Gasteiger partial charge in [-0.2, -0.15) is 0 Å². The number of halogens is 1. The summed E-state index contributed by atoms with van der Waals surface area (Å²) in [6.45, 7) is 2.40. The van der Waals surface area contributed by atoms with Crippen molar-refractivity contribution in [2.75, 3.05) is 17.7 Å². The number of nitrogen functional groups attached to an aromatic ring is 1. The van der Waals surface area contributed by atoms with Crippen LogP contribution in [-0.2, 0) is 0 Å². The molecule has 1 aromatic heterocycles. The lowest BCUT2D eigenvalue weighted by Gasteiger charge is -2.10. The molecule has 0 bridgehead atoms. The predicted octanol–water partition coefficient (Wildman–Crippen LogP) is 3.08. The minimum Gasteiger partial charge on any atom is -0.492 e. The third kappa shape index (κ3) is 3.27. The smallest absolute Gasteiger partial charge is 0.255 e. The van der Waals surface area contributed by atoms with Crippen LogP contribution in [0, 0.1) is 0 Å². The zero-order chi connectivity index (χ0) is 14.5. The second-order valence-electron chi connectivity index (χ2n) is 4.00. The van der Waals surface area contributed by atoms with Crippen LogP contribution in [0.1, 0.15) is 17.3 Å². The van der Waals surface area contributed by atoms with E-state index < -0.39 is 0 Å². The number of pyridine rings is 1. The Morgan fingerprint density at radius 1 is 1.45 bits per heavy atom. The number of hydrogen-bond donors (Lipinski definition) is 2. The van der Waals surface area contributed by atoms with Gasteiger partial charge in [0, 0.05) is 18.0 Å². The van der Waals surface area contributed by atoms with Crippen LogP contribution in [0.15, 0.2) is 41.1 Å². The largest absolute Gasteiger partial charge is 0.492 e. The Bertz CT molecular complexity index is 632. The van der Waals surface area contributed by atoms with E-state index in [0.717, 1.165) is 0 Å². The van der Waals surface area contributed by atoms with Crippen LogP contribution < -0.4 is 15.8 Å². The number of rotatable bonds is 4. The number of hydrogen-bond acceptors (Lipinski definition) is 4. The van der Waals surface area contributed by atoms with Crippen molar-refractivity contribution in [3.05, 3.63) is 46.7 Å². The average Bonchev–Trinajstić information content (AvgIpc) is 2.43. The molecule has 0 saturated carbocycles. The Labute approximate surface area is 125 Å². The highest BCUT2D eigenvalue weighted by Gasteiger charge is 2.10. The van der Waals surface area contributed by atoms with Gasteiger partial charge in [-0.15, -0.1) is 0 Å². The van der Waals surface area contributed by atoms with Crippen molar-refractivity contribution in [1.82, 2.24) is 4.98 Å². The number of carbonyl (C=O) groups excluding carboxylic acids is 1. The van der Waals surface area contributed by atoms with E-state index in [0.29, 0.717) is 33.8 Å². The summed E-state index contributed by atoms with van der Waals surface area (Å²) >= 11 is 3.32. The Kier molecular flexibility index (Phi) is 4.57. The third-order valence-electron chi connectivity index (χ3n) is 2.59. The fraction of sp³-hybridized carbons (Fsp3) is 0.143. The molecule has 1 aromatic carbocycles. The zero-order valence-electron chi connectivity index (χ0n) is 10.9. The van der Waals surface area contributed by atoms with Gasteiger partial charge in [0.05, 0.1) is 22.5 Å². The van der Waals surface area contributed by atoms with Crippen molar-refractivity contribution in [1.29, 1.82) is 0 Å². The van der Waals surface area contributed by atoms with Gasteiger partial charge in [0.15, 0.2) is 0 Å². The Morgan fingerprint density at radius 3 is 2.90 bits per heavy atom. The van der Waals surface area contributed by atoms with Crippen molar-refractivity contribution >= 4 is 33.2 Å². The van der Waals surface area contributed by atoms with Gasteiger partial charge >= 0.3 is 0 Å². The Morgan fingerprint density at radius 2 is 2.25 bits per heavy atom. The fourth-order valence-corrected chi connectivity index (χ4v) is 2.00. The first-order valence-electron chi connectivity index (χ1n) is 6.05. The number of benzene rings is 1. The number of ether oxygens (including phenoxy) is 1. The Hall–Kier alpha value is -2.08. The summed E-state index contributed by atoms with van der Waals surface area (Å²) in [4.78, 5) is 16.1. The highest BCUT2D eigenvalue weighted by molar-refractivity contribution is 9.10. The van der Waals surface area contributed by atoms with Gasteiger partial charge in [0.1, 0.15) is 5.75 Å². The first-order chi connectivity index (χ1) is 9.61. The third-order valence-corrected chi connectivity index (χ3v) is 3.22. The monoisotopic (exact) mass is 335 g/mol. The molecule has 0 aliphatic rings. The van der Waals surface area contributed by atoms with Gasteiger partial charge in [-0.25, -0.2) is 0 Å².